The topological polar surface area (TPSA) is 66.8 Å². The number of carbonyl (C=O) groups is 2. The number of carboxylic acid groups (broad SMARTS) is 1. The molecule has 0 spiro atoms. The van der Waals surface area contributed by atoms with E-state index in [9.17, 15) is 19.1 Å². The minimum atomic E-state index is -1.09. The molecule has 0 aromatic heterocycles. The van der Waals surface area contributed by atoms with Crippen molar-refractivity contribution < 1.29 is 23.8 Å². The van der Waals surface area contributed by atoms with E-state index in [0.717, 1.165) is 29.2 Å². The quantitative estimate of drug-likeness (QED) is 0.283. The zero-order valence-electron chi connectivity index (χ0n) is 20.8. The molecule has 38 heavy (non-hydrogen) atoms. The van der Waals surface area contributed by atoms with Crippen LogP contribution in [-0.4, -0.2) is 34.0 Å². The first-order chi connectivity index (χ1) is 18.3. The summed E-state index contributed by atoms with van der Waals surface area (Å²) >= 11 is 12.3. The van der Waals surface area contributed by atoms with E-state index in [2.05, 4.69) is 0 Å². The van der Waals surface area contributed by atoms with Crippen LogP contribution in [0.1, 0.15) is 48.6 Å². The highest BCUT2D eigenvalue weighted by molar-refractivity contribution is 6.30. The van der Waals surface area contributed by atoms with Crippen LogP contribution in [0.2, 0.25) is 10.0 Å². The van der Waals surface area contributed by atoms with Crippen molar-refractivity contribution >= 4 is 35.1 Å². The smallest absolute Gasteiger partial charge is 0.328 e. The highest BCUT2D eigenvalue weighted by Gasteiger charge is 2.46. The molecule has 0 aliphatic carbocycles. The Balaban J connectivity index is 1.85. The number of morpholine rings is 1. The third kappa shape index (κ3) is 6.62. The summed E-state index contributed by atoms with van der Waals surface area (Å²) in [5.41, 5.74) is 2.36. The van der Waals surface area contributed by atoms with Crippen molar-refractivity contribution in [2.24, 2.45) is 0 Å². The number of halogens is 3. The lowest BCUT2D eigenvalue weighted by atomic mass is 9.88. The predicted molar refractivity (Wildman–Crippen MR) is 146 cm³/mol. The largest absolute Gasteiger partial charge is 0.478 e. The molecule has 5 nitrogen and oxygen atoms in total. The van der Waals surface area contributed by atoms with Crippen LogP contribution in [0.25, 0.3) is 0 Å². The van der Waals surface area contributed by atoms with Crippen molar-refractivity contribution in [2.45, 2.75) is 50.5 Å². The second-order valence-corrected chi connectivity index (χ2v) is 10.1. The Bertz CT molecular complexity index is 1280. The number of rotatable bonds is 9. The standard InChI is InChI=1S/C30H28Cl2FNO4/c1-2-3-25(16-17-27(35)36)34-28(20-6-10-22(31)11-7-20)29(21-8-12-23(32)13-9-21)38-26(30(34)37)18-19-4-14-24(33)15-5-19/h4-17,25-26,28-29H,2-3,18H2,1H3,(H,35,36)/b17-16+/t25?,26-,28+,29-/m1/s1. The van der Waals surface area contributed by atoms with Crippen LogP contribution in [0.15, 0.2) is 84.9 Å². The molecule has 0 saturated carbocycles. The van der Waals surface area contributed by atoms with Gasteiger partial charge >= 0.3 is 5.97 Å². The molecule has 3 aromatic carbocycles. The summed E-state index contributed by atoms with van der Waals surface area (Å²) in [7, 11) is 0. The maximum Gasteiger partial charge on any atom is 0.328 e. The number of hydrogen-bond donors (Lipinski definition) is 1. The Labute approximate surface area is 231 Å². The van der Waals surface area contributed by atoms with Crippen molar-refractivity contribution in [2.75, 3.05) is 0 Å². The van der Waals surface area contributed by atoms with Crippen molar-refractivity contribution in [3.63, 3.8) is 0 Å². The van der Waals surface area contributed by atoms with Gasteiger partial charge in [0.1, 0.15) is 18.0 Å². The number of carboxylic acids is 1. The first-order valence-electron chi connectivity index (χ1n) is 12.4. The molecule has 1 fully saturated rings. The second kappa shape index (κ2) is 12.6. The van der Waals surface area contributed by atoms with E-state index in [0.29, 0.717) is 16.5 Å². The fraction of sp³-hybridized carbons (Fsp3) is 0.267. The number of ether oxygens (including phenoxy) is 1. The molecular formula is C30H28Cl2FNO4. The van der Waals surface area contributed by atoms with Gasteiger partial charge in [-0.25, -0.2) is 9.18 Å². The van der Waals surface area contributed by atoms with Crippen molar-refractivity contribution in [3.8, 4) is 0 Å². The minimum Gasteiger partial charge on any atom is -0.478 e. The number of nitrogens with zero attached hydrogens (tertiary/aromatic N) is 1. The number of carbonyl (C=O) groups excluding carboxylic acids is 1. The summed E-state index contributed by atoms with van der Waals surface area (Å²) in [6.45, 7) is 1.98. The van der Waals surface area contributed by atoms with Crippen LogP contribution < -0.4 is 0 Å². The summed E-state index contributed by atoms with van der Waals surface area (Å²) in [5.74, 6) is -1.73. The first-order valence-corrected chi connectivity index (χ1v) is 13.2. The molecule has 0 bridgehead atoms. The predicted octanol–water partition coefficient (Wildman–Crippen LogP) is 7.19. The Morgan fingerprint density at radius 3 is 2.13 bits per heavy atom. The molecule has 4 atom stereocenters. The van der Waals surface area contributed by atoms with Crippen LogP contribution in [0, 0.1) is 5.82 Å². The van der Waals surface area contributed by atoms with Gasteiger partial charge in [-0.3, -0.25) is 4.79 Å². The molecule has 1 unspecified atom stereocenters. The lowest BCUT2D eigenvalue weighted by molar-refractivity contribution is -0.177. The molecule has 4 rings (SSSR count). The van der Waals surface area contributed by atoms with E-state index in [4.69, 9.17) is 27.9 Å². The third-order valence-corrected chi connectivity index (χ3v) is 7.08. The molecule has 1 N–H and O–H groups in total. The van der Waals surface area contributed by atoms with Crippen molar-refractivity contribution in [1.82, 2.24) is 4.90 Å². The van der Waals surface area contributed by atoms with E-state index in [1.54, 1.807) is 47.4 Å². The zero-order chi connectivity index (χ0) is 27.2. The molecule has 1 amide bonds. The van der Waals surface area contributed by atoms with E-state index in [1.807, 2.05) is 31.2 Å². The molecule has 1 saturated heterocycles. The Morgan fingerprint density at radius 2 is 1.58 bits per heavy atom. The number of amides is 1. The van der Waals surface area contributed by atoms with Gasteiger partial charge in [-0.15, -0.1) is 0 Å². The van der Waals surface area contributed by atoms with Crippen LogP contribution in [0.4, 0.5) is 4.39 Å². The summed E-state index contributed by atoms with van der Waals surface area (Å²) in [6, 6.07) is 19.4. The average molecular weight is 556 g/mol. The Kier molecular flexibility index (Phi) is 9.21. The number of aliphatic carboxylic acids is 1. The molecule has 3 aromatic rings. The van der Waals surface area contributed by atoms with Gasteiger partial charge in [0.25, 0.3) is 5.91 Å². The Hall–Kier alpha value is -3.19. The second-order valence-electron chi connectivity index (χ2n) is 9.22. The highest BCUT2D eigenvalue weighted by atomic mass is 35.5. The van der Waals surface area contributed by atoms with E-state index in [-0.39, 0.29) is 18.1 Å². The summed E-state index contributed by atoms with van der Waals surface area (Å²) in [6.07, 6.45) is 2.68. The molecule has 1 aliphatic rings. The molecule has 1 heterocycles. The molecule has 0 radical (unpaired) electrons. The zero-order valence-corrected chi connectivity index (χ0v) is 22.3. The number of benzene rings is 3. The molecule has 198 valence electrons. The van der Waals surface area contributed by atoms with E-state index < -0.39 is 30.3 Å². The minimum absolute atomic E-state index is 0.231. The lowest BCUT2D eigenvalue weighted by Gasteiger charge is -2.47. The van der Waals surface area contributed by atoms with Gasteiger partial charge in [-0.05, 0) is 59.5 Å². The van der Waals surface area contributed by atoms with Crippen LogP contribution in [-0.2, 0) is 20.7 Å². The number of hydrogen-bond acceptors (Lipinski definition) is 3. The Morgan fingerprint density at radius 1 is 1.00 bits per heavy atom. The monoisotopic (exact) mass is 555 g/mol. The van der Waals surface area contributed by atoms with Gasteiger partial charge in [-0.1, -0.05) is 79.0 Å². The molecular weight excluding hydrogens is 528 g/mol. The van der Waals surface area contributed by atoms with Gasteiger partial charge in [-0.2, -0.15) is 0 Å². The van der Waals surface area contributed by atoms with Crippen molar-refractivity contribution in [3.05, 3.63) is 118 Å². The van der Waals surface area contributed by atoms with Crippen LogP contribution in [0.5, 0.6) is 0 Å². The maximum absolute atomic E-state index is 14.1. The lowest BCUT2D eigenvalue weighted by Crippen LogP contribution is -2.55. The summed E-state index contributed by atoms with van der Waals surface area (Å²) in [5, 5.41) is 10.5. The first kappa shape index (κ1) is 27.8. The summed E-state index contributed by atoms with van der Waals surface area (Å²) < 4.78 is 20.1. The van der Waals surface area contributed by atoms with Gasteiger partial charge in [0.2, 0.25) is 0 Å². The average Bonchev–Trinajstić information content (AvgIpc) is 2.90. The highest BCUT2D eigenvalue weighted by Crippen LogP contribution is 2.44. The fourth-order valence-electron chi connectivity index (χ4n) is 4.82. The SMILES string of the molecule is CCCC(/C=C/C(=O)O)N1C(=O)[C@@H](Cc2ccc(F)cc2)O[C@H](c2ccc(Cl)cc2)[C@@H]1c1ccc(Cl)cc1. The van der Waals surface area contributed by atoms with E-state index in [1.165, 1.54) is 12.1 Å². The fourth-order valence-corrected chi connectivity index (χ4v) is 5.08. The molecule has 1 aliphatic heterocycles. The van der Waals surface area contributed by atoms with Crippen molar-refractivity contribution in [1.29, 1.82) is 0 Å². The van der Waals surface area contributed by atoms with Gasteiger partial charge in [0.15, 0.2) is 0 Å². The van der Waals surface area contributed by atoms with Gasteiger partial charge in [0, 0.05) is 22.5 Å². The normalized spacial score (nSPS) is 20.6. The van der Waals surface area contributed by atoms with E-state index >= 15 is 0 Å². The third-order valence-electron chi connectivity index (χ3n) is 6.57. The van der Waals surface area contributed by atoms with Crippen LogP contribution >= 0.6 is 23.2 Å². The van der Waals surface area contributed by atoms with Crippen LogP contribution in [0.3, 0.4) is 0 Å². The summed E-state index contributed by atoms with van der Waals surface area (Å²) in [4.78, 5) is 27.3. The van der Waals surface area contributed by atoms with Gasteiger partial charge in [0.05, 0.1) is 12.1 Å². The maximum atomic E-state index is 14.1. The molecule has 8 heteroatoms. The van der Waals surface area contributed by atoms with Gasteiger partial charge < -0.3 is 14.7 Å².